The molecule has 0 aliphatic heterocycles. The second-order valence-corrected chi connectivity index (χ2v) is 10.2. The molecular formula is C26H23N3O3S2. The van der Waals surface area contributed by atoms with Gasteiger partial charge >= 0.3 is 0 Å². The third-order valence-corrected chi connectivity index (χ3v) is 8.12. The minimum Gasteiger partial charge on any atom is -0.347 e. The van der Waals surface area contributed by atoms with E-state index < -0.39 is 0 Å². The number of hydrogen-bond acceptors (Lipinski definition) is 5. The van der Waals surface area contributed by atoms with E-state index in [0.29, 0.717) is 16.1 Å². The van der Waals surface area contributed by atoms with Gasteiger partial charge in [0.25, 0.3) is 17.4 Å². The Morgan fingerprint density at radius 1 is 0.824 bits per heavy atom. The largest absolute Gasteiger partial charge is 0.347 e. The first kappa shape index (κ1) is 22.3. The SMILES string of the molecule is O=C(N[C@@H]1CCC[C@@H]1NC(=O)c1ccc(-c2cccs2)s1)c1ccc(-n2ccccc2=O)cc1. The van der Waals surface area contributed by atoms with E-state index in [1.165, 1.54) is 22.0 Å². The van der Waals surface area contributed by atoms with Gasteiger partial charge in [-0.1, -0.05) is 12.1 Å². The molecule has 2 atom stereocenters. The van der Waals surface area contributed by atoms with Crippen LogP contribution in [0.1, 0.15) is 39.3 Å². The topological polar surface area (TPSA) is 80.2 Å². The molecule has 0 bridgehead atoms. The Balaban J connectivity index is 1.22. The number of rotatable bonds is 6. The number of hydrogen-bond donors (Lipinski definition) is 2. The molecule has 2 amide bonds. The van der Waals surface area contributed by atoms with Crippen molar-refractivity contribution in [3.8, 4) is 15.4 Å². The standard InChI is InChI=1S/C26H23N3O3S2/c30-24-8-1-2-15-29(24)18-11-9-17(10-12-18)25(31)27-19-5-3-6-20(19)28-26(32)23-14-13-22(34-23)21-7-4-16-33-21/h1-2,4,7-16,19-20H,3,5-6H2,(H,27,31)(H,28,32)/t19-,20+/m1/s1. The number of nitrogens with one attached hydrogen (secondary N) is 2. The zero-order valence-electron chi connectivity index (χ0n) is 18.3. The minimum atomic E-state index is -0.186. The molecule has 1 saturated carbocycles. The maximum atomic E-state index is 12.9. The van der Waals surface area contributed by atoms with E-state index in [9.17, 15) is 14.4 Å². The van der Waals surface area contributed by atoms with Crippen LogP contribution in [0.5, 0.6) is 0 Å². The third-order valence-electron chi connectivity index (χ3n) is 5.97. The van der Waals surface area contributed by atoms with E-state index in [1.54, 1.807) is 53.9 Å². The molecule has 0 spiro atoms. The van der Waals surface area contributed by atoms with Crippen LogP contribution >= 0.6 is 22.7 Å². The molecule has 3 aromatic heterocycles. The van der Waals surface area contributed by atoms with Crippen LogP contribution in [0.25, 0.3) is 15.4 Å². The smallest absolute Gasteiger partial charge is 0.261 e. The number of carbonyl (C=O) groups is 2. The minimum absolute atomic E-state index is 0.100. The fraction of sp³-hybridized carbons (Fsp3) is 0.192. The zero-order chi connectivity index (χ0) is 23.5. The number of amides is 2. The Labute approximate surface area is 204 Å². The Morgan fingerprint density at radius 3 is 2.29 bits per heavy atom. The lowest BCUT2D eigenvalue weighted by molar-refractivity contribution is 0.0894. The molecule has 1 fully saturated rings. The molecule has 34 heavy (non-hydrogen) atoms. The van der Waals surface area contributed by atoms with Crippen molar-refractivity contribution in [2.75, 3.05) is 0 Å². The summed E-state index contributed by atoms with van der Waals surface area (Å²) in [7, 11) is 0. The van der Waals surface area contributed by atoms with Crippen molar-refractivity contribution >= 4 is 34.5 Å². The van der Waals surface area contributed by atoms with Crippen LogP contribution in [0.4, 0.5) is 0 Å². The van der Waals surface area contributed by atoms with Crippen LogP contribution in [0, 0.1) is 0 Å². The van der Waals surface area contributed by atoms with Crippen molar-refractivity contribution in [3.05, 3.63) is 99.1 Å². The summed E-state index contributed by atoms with van der Waals surface area (Å²) < 4.78 is 1.53. The second-order valence-electron chi connectivity index (χ2n) is 8.19. The van der Waals surface area contributed by atoms with Gasteiger partial charge in [0.05, 0.1) is 4.88 Å². The lowest BCUT2D eigenvalue weighted by atomic mass is 10.1. The van der Waals surface area contributed by atoms with E-state index >= 15 is 0 Å². The summed E-state index contributed by atoms with van der Waals surface area (Å²) in [4.78, 5) is 40.6. The fourth-order valence-electron chi connectivity index (χ4n) is 4.22. The molecule has 8 heteroatoms. The highest BCUT2D eigenvalue weighted by Gasteiger charge is 2.30. The monoisotopic (exact) mass is 489 g/mol. The first-order valence-electron chi connectivity index (χ1n) is 11.1. The van der Waals surface area contributed by atoms with Crippen LogP contribution in [0.2, 0.25) is 0 Å². The number of carbonyl (C=O) groups excluding carboxylic acids is 2. The Kier molecular flexibility index (Phi) is 6.42. The predicted molar refractivity (Wildman–Crippen MR) is 136 cm³/mol. The van der Waals surface area contributed by atoms with Gasteiger partial charge in [0.1, 0.15) is 0 Å². The Hall–Kier alpha value is -3.49. The van der Waals surface area contributed by atoms with E-state index in [0.717, 1.165) is 29.0 Å². The number of aromatic nitrogens is 1. The molecule has 1 aliphatic rings. The summed E-state index contributed by atoms with van der Waals surface area (Å²) in [5, 5.41) is 8.23. The number of benzene rings is 1. The normalized spacial score (nSPS) is 17.4. The molecule has 5 rings (SSSR count). The molecule has 1 aromatic carbocycles. The summed E-state index contributed by atoms with van der Waals surface area (Å²) >= 11 is 3.14. The number of nitrogens with zero attached hydrogens (tertiary/aromatic N) is 1. The van der Waals surface area contributed by atoms with Crippen molar-refractivity contribution in [2.24, 2.45) is 0 Å². The lowest BCUT2D eigenvalue weighted by Crippen LogP contribution is -2.48. The number of pyridine rings is 1. The highest BCUT2D eigenvalue weighted by atomic mass is 32.1. The highest BCUT2D eigenvalue weighted by Crippen LogP contribution is 2.31. The van der Waals surface area contributed by atoms with Crippen LogP contribution in [0.3, 0.4) is 0 Å². The van der Waals surface area contributed by atoms with E-state index in [4.69, 9.17) is 0 Å². The summed E-state index contributed by atoms with van der Waals surface area (Å²) in [6, 6.07) is 19.6. The summed E-state index contributed by atoms with van der Waals surface area (Å²) in [6.45, 7) is 0. The van der Waals surface area contributed by atoms with Crippen LogP contribution < -0.4 is 16.2 Å². The second kappa shape index (κ2) is 9.79. The Morgan fingerprint density at radius 2 is 1.59 bits per heavy atom. The van der Waals surface area contributed by atoms with Gasteiger partial charge in [-0.3, -0.25) is 19.0 Å². The van der Waals surface area contributed by atoms with E-state index in [-0.39, 0.29) is 29.5 Å². The zero-order valence-corrected chi connectivity index (χ0v) is 19.9. The molecule has 1 aliphatic carbocycles. The average Bonchev–Trinajstić information content (AvgIpc) is 3.62. The van der Waals surface area contributed by atoms with Gasteiger partial charge in [-0.15, -0.1) is 22.7 Å². The molecule has 172 valence electrons. The van der Waals surface area contributed by atoms with Crippen LogP contribution in [0.15, 0.2) is 83.1 Å². The van der Waals surface area contributed by atoms with Gasteiger partial charge in [-0.25, -0.2) is 0 Å². The van der Waals surface area contributed by atoms with Crippen LogP contribution in [-0.2, 0) is 0 Å². The first-order valence-corrected chi connectivity index (χ1v) is 12.8. The molecule has 0 saturated heterocycles. The van der Waals surface area contributed by atoms with E-state index in [1.807, 2.05) is 29.6 Å². The maximum absolute atomic E-state index is 12.9. The van der Waals surface area contributed by atoms with Gasteiger partial charge < -0.3 is 10.6 Å². The third kappa shape index (κ3) is 4.73. The van der Waals surface area contributed by atoms with Crippen molar-refractivity contribution in [1.82, 2.24) is 15.2 Å². The predicted octanol–water partition coefficient (Wildman–Crippen LogP) is 4.71. The van der Waals surface area contributed by atoms with Gasteiger partial charge in [-0.05, 0) is 73.2 Å². The molecule has 0 radical (unpaired) electrons. The van der Waals surface area contributed by atoms with Crippen LogP contribution in [-0.4, -0.2) is 28.5 Å². The average molecular weight is 490 g/mol. The van der Waals surface area contributed by atoms with Crippen molar-refractivity contribution < 1.29 is 9.59 Å². The first-order chi connectivity index (χ1) is 16.6. The van der Waals surface area contributed by atoms with Crippen molar-refractivity contribution in [1.29, 1.82) is 0 Å². The molecule has 4 aromatic rings. The van der Waals surface area contributed by atoms with Gasteiger partial charge in [0, 0.05) is 45.4 Å². The quantitative estimate of drug-likeness (QED) is 0.412. The Bertz CT molecular complexity index is 1360. The number of thiophene rings is 2. The molecule has 2 N–H and O–H groups in total. The maximum Gasteiger partial charge on any atom is 0.261 e. The molecule has 6 nitrogen and oxygen atoms in total. The molecule has 3 heterocycles. The summed E-state index contributed by atoms with van der Waals surface area (Å²) in [5.41, 5.74) is 1.09. The molecular weight excluding hydrogens is 466 g/mol. The van der Waals surface area contributed by atoms with Gasteiger partial charge in [0.2, 0.25) is 0 Å². The van der Waals surface area contributed by atoms with Gasteiger partial charge in [-0.2, -0.15) is 0 Å². The van der Waals surface area contributed by atoms with E-state index in [2.05, 4.69) is 10.6 Å². The molecule has 0 unspecified atom stereocenters. The summed E-state index contributed by atoms with van der Waals surface area (Å²) in [6.07, 6.45) is 4.28. The van der Waals surface area contributed by atoms with Crippen molar-refractivity contribution in [2.45, 2.75) is 31.3 Å². The highest BCUT2D eigenvalue weighted by molar-refractivity contribution is 7.22. The van der Waals surface area contributed by atoms with Crippen molar-refractivity contribution in [3.63, 3.8) is 0 Å². The van der Waals surface area contributed by atoms with Gasteiger partial charge in [0.15, 0.2) is 0 Å². The summed E-state index contributed by atoms with van der Waals surface area (Å²) in [5.74, 6) is -0.286. The fourth-order valence-corrected chi connectivity index (χ4v) is 5.97. The lowest BCUT2D eigenvalue weighted by Gasteiger charge is -2.22.